The first-order valence-corrected chi connectivity index (χ1v) is 13.1. The van der Waals surface area contributed by atoms with Crippen molar-refractivity contribution in [3.05, 3.63) is 59.1 Å². The van der Waals surface area contributed by atoms with Gasteiger partial charge in [0.15, 0.2) is 0 Å². The number of methoxy groups -OCH3 is 1. The molecule has 0 fully saturated rings. The van der Waals surface area contributed by atoms with Gasteiger partial charge < -0.3 is 15.0 Å². The normalized spacial score (nSPS) is 12.8. The van der Waals surface area contributed by atoms with Gasteiger partial charge in [0.1, 0.15) is 11.8 Å². The second-order valence-corrected chi connectivity index (χ2v) is 11.7. The van der Waals surface area contributed by atoms with Crippen LogP contribution in [0.4, 0.5) is 0 Å². The molecule has 35 heavy (non-hydrogen) atoms. The molecule has 10 heteroatoms. The molecule has 0 aromatic heterocycles. The fourth-order valence-corrected chi connectivity index (χ4v) is 4.74. The zero-order valence-corrected chi connectivity index (χ0v) is 22.6. The number of carbonyl (C=O) groups is 2. The van der Waals surface area contributed by atoms with Gasteiger partial charge in [-0.05, 0) is 69.2 Å². The highest BCUT2D eigenvalue weighted by Gasteiger charge is 2.33. The lowest BCUT2D eigenvalue weighted by Gasteiger charge is -2.34. The summed E-state index contributed by atoms with van der Waals surface area (Å²) in [5.74, 6) is -0.187. The fourth-order valence-electron chi connectivity index (χ4n) is 3.49. The maximum Gasteiger partial charge on any atom is 0.243 e. The summed E-state index contributed by atoms with van der Waals surface area (Å²) in [6.07, 6.45) is 0.352. The van der Waals surface area contributed by atoms with Crippen molar-refractivity contribution in [2.24, 2.45) is 0 Å². The van der Waals surface area contributed by atoms with Gasteiger partial charge in [0.2, 0.25) is 21.8 Å². The van der Waals surface area contributed by atoms with Gasteiger partial charge in [0.05, 0.1) is 18.6 Å². The van der Waals surface area contributed by atoms with Gasteiger partial charge in [0.25, 0.3) is 0 Å². The molecule has 0 radical (unpaired) electrons. The molecule has 2 aromatic rings. The molecule has 192 valence electrons. The summed E-state index contributed by atoms with van der Waals surface area (Å²) in [6, 6.07) is 12.1. The zero-order valence-electron chi connectivity index (χ0n) is 21.0. The van der Waals surface area contributed by atoms with Crippen LogP contribution in [-0.4, -0.2) is 61.7 Å². The van der Waals surface area contributed by atoms with E-state index in [4.69, 9.17) is 16.3 Å². The Hall–Kier alpha value is -2.62. The average Bonchev–Trinajstić information content (AvgIpc) is 2.78. The maximum atomic E-state index is 13.5. The van der Waals surface area contributed by atoms with Crippen LogP contribution in [0.3, 0.4) is 0 Å². The number of hydrogen-bond donors (Lipinski definition) is 1. The minimum absolute atomic E-state index is 0.0223. The van der Waals surface area contributed by atoms with Gasteiger partial charge in [-0.2, -0.15) is 4.31 Å². The molecule has 0 aliphatic rings. The monoisotopic (exact) mass is 523 g/mol. The molecular weight excluding hydrogens is 490 g/mol. The summed E-state index contributed by atoms with van der Waals surface area (Å²) in [7, 11) is -1.06. The molecule has 8 nitrogen and oxygen atoms in total. The number of rotatable bonds is 10. The molecule has 0 spiro atoms. The second-order valence-electron chi connectivity index (χ2n) is 9.25. The Morgan fingerprint density at radius 3 is 2.29 bits per heavy atom. The van der Waals surface area contributed by atoms with Gasteiger partial charge >= 0.3 is 0 Å². The summed E-state index contributed by atoms with van der Waals surface area (Å²) < 4.78 is 32.3. The number of halogens is 1. The first-order chi connectivity index (χ1) is 16.3. The van der Waals surface area contributed by atoms with Gasteiger partial charge in [-0.15, -0.1) is 0 Å². The van der Waals surface area contributed by atoms with Crippen LogP contribution in [0.15, 0.2) is 53.4 Å². The Bertz CT molecular complexity index is 1130. The molecule has 2 aromatic carbocycles. The number of hydrogen-bond acceptors (Lipinski definition) is 5. The van der Waals surface area contributed by atoms with Gasteiger partial charge in [-0.1, -0.05) is 30.7 Å². The fraction of sp³-hybridized carbons (Fsp3) is 0.440. The number of sulfonamides is 1. The molecular formula is C25H34ClN3O5S. The summed E-state index contributed by atoms with van der Waals surface area (Å²) in [5, 5.41) is 3.33. The van der Waals surface area contributed by atoms with E-state index in [1.165, 1.54) is 36.2 Å². The van der Waals surface area contributed by atoms with Crippen molar-refractivity contribution in [2.75, 3.05) is 20.7 Å². The lowest BCUT2D eigenvalue weighted by atomic mass is 10.1. The predicted molar refractivity (Wildman–Crippen MR) is 137 cm³/mol. The van der Waals surface area contributed by atoms with E-state index >= 15 is 0 Å². The predicted octanol–water partition coefficient (Wildman–Crippen LogP) is 3.69. The van der Waals surface area contributed by atoms with E-state index in [9.17, 15) is 18.0 Å². The maximum absolute atomic E-state index is 13.5. The zero-order chi connectivity index (χ0) is 26.4. The van der Waals surface area contributed by atoms with Gasteiger partial charge in [-0.3, -0.25) is 9.59 Å². The Labute approximate surface area is 213 Å². The van der Waals surface area contributed by atoms with Crippen LogP contribution < -0.4 is 10.1 Å². The van der Waals surface area contributed by atoms with Crippen LogP contribution in [0.2, 0.25) is 5.02 Å². The summed E-state index contributed by atoms with van der Waals surface area (Å²) in [4.78, 5) is 28.1. The van der Waals surface area contributed by atoms with Crippen LogP contribution >= 0.6 is 11.6 Å². The van der Waals surface area contributed by atoms with Crippen molar-refractivity contribution in [2.45, 2.75) is 57.1 Å². The number of ether oxygens (including phenoxy) is 1. The lowest BCUT2D eigenvalue weighted by Crippen LogP contribution is -2.55. The minimum atomic E-state index is -3.94. The standard InChI is InChI=1S/C25H34ClN3O5S/c1-7-22(24(31)27-25(2,3)4)29(16-18-9-8-10-20(15-18)34-6)23(30)17-28(5)35(32,33)21-13-11-19(26)12-14-21/h8-15,22H,7,16-17H2,1-6H3,(H,27,31)/t22-/m1/s1. The van der Waals surface area contributed by atoms with Crippen LogP contribution in [0.5, 0.6) is 5.75 Å². The highest BCUT2D eigenvalue weighted by molar-refractivity contribution is 7.89. The van der Waals surface area contributed by atoms with Crippen molar-refractivity contribution >= 4 is 33.4 Å². The minimum Gasteiger partial charge on any atom is -0.497 e. The van der Waals surface area contributed by atoms with E-state index in [-0.39, 0.29) is 17.3 Å². The van der Waals surface area contributed by atoms with E-state index in [0.29, 0.717) is 17.2 Å². The third kappa shape index (κ3) is 7.95. The van der Waals surface area contributed by atoms with Crippen molar-refractivity contribution in [3.63, 3.8) is 0 Å². The highest BCUT2D eigenvalue weighted by Crippen LogP contribution is 2.20. The molecule has 1 atom stereocenters. The van der Waals surface area contributed by atoms with E-state index in [1.807, 2.05) is 33.8 Å². The van der Waals surface area contributed by atoms with Crippen molar-refractivity contribution in [1.82, 2.24) is 14.5 Å². The Morgan fingerprint density at radius 2 is 1.74 bits per heavy atom. The lowest BCUT2D eigenvalue weighted by molar-refractivity contribution is -0.142. The summed E-state index contributed by atoms with van der Waals surface area (Å²) >= 11 is 5.88. The quantitative estimate of drug-likeness (QED) is 0.512. The summed E-state index contributed by atoms with van der Waals surface area (Å²) in [6.45, 7) is 7.07. The molecule has 0 aliphatic carbocycles. The molecule has 1 N–H and O–H groups in total. The molecule has 0 aliphatic heterocycles. The average molecular weight is 524 g/mol. The largest absolute Gasteiger partial charge is 0.497 e. The number of nitrogens with zero attached hydrogens (tertiary/aromatic N) is 2. The van der Waals surface area contributed by atoms with Crippen molar-refractivity contribution < 1.29 is 22.7 Å². The van der Waals surface area contributed by atoms with E-state index in [2.05, 4.69) is 5.32 Å². The number of nitrogens with one attached hydrogen (secondary N) is 1. The van der Waals surface area contributed by atoms with E-state index in [1.54, 1.807) is 25.3 Å². The van der Waals surface area contributed by atoms with Crippen LogP contribution in [-0.2, 0) is 26.2 Å². The smallest absolute Gasteiger partial charge is 0.243 e. The number of benzene rings is 2. The Kier molecular flexibility index (Phi) is 9.71. The SMILES string of the molecule is CC[C@H](C(=O)NC(C)(C)C)N(Cc1cccc(OC)c1)C(=O)CN(C)S(=O)(=O)c1ccc(Cl)cc1. The van der Waals surface area contributed by atoms with E-state index < -0.39 is 34.1 Å². The molecule has 0 saturated carbocycles. The molecule has 2 rings (SSSR count). The third-order valence-electron chi connectivity index (χ3n) is 5.25. The number of likely N-dealkylation sites (N-methyl/N-ethyl adjacent to an activating group) is 1. The molecule has 0 bridgehead atoms. The van der Waals surface area contributed by atoms with Crippen molar-refractivity contribution in [1.29, 1.82) is 0 Å². The number of amides is 2. The molecule has 0 heterocycles. The molecule has 0 unspecified atom stereocenters. The third-order valence-corrected chi connectivity index (χ3v) is 7.32. The molecule has 0 saturated heterocycles. The van der Waals surface area contributed by atoms with Crippen LogP contribution in [0.25, 0.3) is 0 Å². The second kappa shape index (κ2) is 11.9. The first-order valence-electron chi connectivity index (χ1n) is 11.2. The van der Waals surface area contributed by atoms with Crippen LogP contribution in [0, 0.1) is 0 Å². The Balaban J connectivity index is 2.37. The van der Waals surface area contributed by atoms with Gasteiger partial charge in [0, 0.05) is 24.2 Å². The number of carbonyl (C=O) groups excluding carboxylic acids is 2. The molecule has 2 amide bonds. The Morgan fingerprint density at radius 1 is 1.11 bits per heavy atom. The van der Waals surface area contributed by atoms with Crippen molar-refractivity contribution in [3.8, 4) is 5.75 Å². The van der Waals surface area contributed by atoms with Crippen LogP contribution in [0.1, 0.15) is 39.7 Å². The summed E-state index contributed by atoms with van der Waals surface area (Å²) in [5.41, 5.74) is 0.257. The first kappa shape index (κ1) is 28.6. The van der Waals surface area contributed by atoms with E-state index in [0.717, 1.165) is 9.87 Å². The van der Waals surface area contributed by atoms with Gasteiger partial charge in [-0.25, -0.2) is 8.42 Å². The topological polar surface area (TPSA) is 96.0 Å². The highest BCUT2D eigenvalue weighted by atomic mass is 35.5.